The number of fused-ring (bicyclic) bond motifs is 1. The fraction of sp³-hybridized carbons (Fsp3) is 0.444. The summed E-state index contributed by atoms with van der Waals surface area (Å²) in [7, 11) is 0. The highest BCUT2D eigenvalue weighted by atomic mass is 32.1. The fourth-order valence-corrected chi connectivity index (χ4v) is 4.11. The van der Waals surface area contributed by atoms with Gasteiger partial charge in [-0.2, -0.15) is 0 Å². The van der Waals surface area contributed by atoms with E-state index in [9.17, 15) is 14.7 Å². The zero-order chi connectivity index (χ0) is 17.8. The van der Waals surface area contributed by atoms with Gasteiger partial charge in [0.2, 0.25) is 6.10 Å². The van der Waals surface area contributed by atoms with E-state index >= 15 is 0 Å². The highest BCUT2D eigenvalue weighted by Crippen LogP contribution is 2.31. The second kappa shape index (κ2) is 7.89. The van der Waals surface area contributed by atoms with Crippen molar-refractivity contribution in [3.63, 3.8) is 0 Å². The van der Waals surface area contributed by atoms with Crippen LogP contribution in [0.25, 0.3) is 10.2 Å². The summed E-state index contributed by atoms with van der Waals surface area (Å²) in [4.78, 5) is 29.1. The molecular formula is C18H20N2O4S. The summed E-state index contributed by atoms with van der Waals surface area (Å²) in [6.07, 6.45) is 2.48. The molecule has 1 N–H and O–H groups in total. The van der Waals surface area contributed by atoms with Gasteiger partial charge in [0.1, 0.15) is 17.2 Å². The Morgan fingerprint density at radius 2 is 2.16 bits per heavy atom. The maximum atomic E-state index is 11.8. The molecule has 1 fully saturated rings. The number of carbonyl (C=O) groups excluding carboxylic acids is 1. The molecule has 2 atom stereocenters. The lowest BCUT2D eigenvalue weighted by molar-refractivity contribution is -0.160. The van der Waals surface area contributed by atoms with Crippen LogP contribution >= 0.6 is 11.3 Å². The van der Waals surface area contributed by atoms with E-state index in [0.29, 0.717) is 5.01 Å². The van der Waals surface area contributed by atoms with Crippen molar-refractivity contribution in [3.05, 3.63) is 34.8 Å². The zero-order valence-corrected chi connectivity index (χ0v) is 14.8. The average Bonchev–Trinajstić information content (AvgIpc) is 3.04. The summed E-state index contributed by atoms with van der Waals surface area (Å²) in [5, 5.41) is 10.0. The number of para-hydroxylation sites is 1. The molecule has 7 heteroatoms. The molecule has 0 spiro atoms. The molecule has 1 aromatic carbocycles. The molecule has 0 saturated carbocycles. The third kappa shape index (κ3) is 3.96. The molecule has 132 valence electrons. The SMILES string of the molecule is Cc1cccc2sc(C(OC(C=C=O)N3CCCCC3)C(=O)O)nc12. The predicted octanol–water partition coefficient (Wildman–Crippen LogP) is 2.95. The normalized spacial score (nSPS) is 17.8. The molecule has 6 nitrogen and oxygen atoms in total. The highest BCUT2D eigenvalue weighted by Gasteiger charge is 2.30. The van der Waals surface area contributed by atoms with Crippen LogP contribution in [0.15, 0.2) is 24.3 Å². The number of rotatable bonds is 6. The first-order valence-electron chi connectivity index (χ1n) is 8.29. The van der Waals surface area contributed by atoms with Crippen LogP contribution in [0.2, 0.25) is 0 Å². The van der Waals surface area contributed by atoms with Crippen LogP contribution in [0.4, 0.5) is 0 Å². The van der Waals surface area contributed by atoms with Crippen LogP contribution in [-0.4, -0.2) is 46.2 Å². The summed E-state index contributed by atoms with van der Waals surface area (Å²) in [6.45, 7) is 3.48. The van der Waals surface area contributed by atoms with Crippen molar-refractivity contribution in [2.24, 2.45) is 0 Å². The standard InChI is InChI=1S/C18H20N2O4S/c1-12-6-5-7-13-15(12)19-17(25-13)16(18(22)23)24-14(8-11-21)20-9-3-2-4-10-20/h5-8,14,16H,2-4,9-10H2,1H3,(H,22,23). The molecule has 0 aliphatic carbocycles. The number of ether oxygens (including phenoxy) is 1. The quantitative estimate of drug-likeness (QED) is 0.798. The lowest BCUT2D eigenvalue weighted by atomic mass is 10.1. The van der Waals surface area contributed by atoms with Crippen LogP contribution in [0.3, 0.4) is 0 Å². The summed E-state index contributed by atoms with van der Waals surface area (Å²) in [5.74, 6) is 0.632. The van der Waals surface area contributed by atoms with Crippen LogP contribution < -0.4 is 0 Å². The van der Waals surface area contributed by atoms with Gasteiger partial charge in [-0.25, -0.2) is 14.6 Å². The van der Waals surface area contributed by atoms with Gasteiger partial charge in [-0.3, -0.25) is 4.90 Å². The number of nitrogens with zero attached hydrogens (tertiary/aromatic N) is 2. The smallest absolute Gasteiger partial charge is 0.340 e. The Labute approximate surface area is 149 Å². The van der Waals surface area contributed by atoms with E-state index in [0.717, 1.165) is 48.1 Å². The van der Waals surface area contributed by atoms with E-state index in [4.69, 9.17) is 4.74 Å². The lowest BCUT2D eigenvalue weighted by Crippen LogP contribution is -2.41. The van der Waals surface area contributed by atoms with E-state index in [1.165, 1.54) is 17.4 Å². The predicted molar refractivity (Wildman–Crippen MR) is 95.3 cm³/mol. The summed E-state index contributed by atoms with van der Waals surface area (Å²) < 4.78 is 6.73. The van der Waals surface area contributed by atoms with Crippen LogP contribution in [-0.2, 0) is 14.3 Å². The van der Waals surface area contributed by atoms with Crippen molar-refractivity contribution in [3.8, 4) is 0 Å². The fourth-order valence-electron chi connectivity index (χ4n) is 3.04. The molecule has 0 bridgehead atoms. The van der Waals surface area contributed by atoms with E-state index < -0.39 is 18.3 Å². The molecule has 1 aliphatic rings. The number of aryl methyl sites for hydroxylation is 1. The van der Waals surface area contributed by atoms with Gasteiger partial charge in [-0.05, 0) is 31.4 Å². The van der Waals surface area contributed by atoms with Crippen molar-refractivity contribution in [1.82, 2.24) is 9.88 Å². The number of hydrogen-bond acceptors (Lipinski definition) is 6. The second-order valence-electron chi connectivity index (χ2n) is 6.10. The lowest BCUT2D eigenvalue weighted by Gasteiger charge is -2.32. The third-order valence-electron chi connectivity index (χ3n) is 4.32. The maximum absolute atomic E-state index is 11.8. The van der Waals surface area contributed by atoms with Gasteiger partial charge in [-0.1, -0.05) is 18.6 Å². The minimum Gasteiger partial charge on any atom is -0.479 e. The summed E-state index contributed by atoms with van der Waals surface area (Å²) in [5.41, 5.74) is 1.78. The number of benzene rings is 1. The van der Waals surface area contributed by atoms with E-state index in [1.54, 1.807) is 5.94 Å². The topological polar surface area (TPSA) is 79.7 Å². The number of carbonyl (C=O) groups is 1. The first kappa shape index (κ1) is 17.8. The summed E-state index contributed by atoms with van der Waals surface area (Å²) >= 11 is 1.31. The van der Waals surface area contributed by atoms with Crippen molar-refractivity contribution < 1.29 is 19.4 Å². The third-order valence-corrected chi connectivity index (χ3v) is 5.39. The Morgan fingerprint density at radius 1 is 1.40 bits per heavy atom. The molecule has 3 rings (SSSR count). The first-order chi connectivity index (χ1) is 12.1. The van der Waals surface area contributed by atoms with E-state index in [-0.39, 0.29) is 0 Å². The average molecular weight is 360 g/mol. The van der Waals surface area contributed by atoms with Gasteiger partial charge < -0.3 is 9.84 Å². The Balaban J connectivity index is 1.89. The molecule has 1 saturated heterocycles. The van der Waals surface area contributed by atoms with Crippen LogP contribution in [0.5, 0.6) is 0 Å². The molecule has 1 aliphatic heterocycles. The van der Waals surface area contributed by atoms with Crippen molar-refractivity contribution in [2.75, 3.05) is 13.1 Å². The number of carboxylic acid groups (broad SMARTS) is 1. The monoisotopic (exact) mass is 360 g/mol. The van der Waals surface area contributed by atoms with Crippen LogP contribution in [0, 0.1) is 6.92 Å². The maximum Gasteiger partial charge on any atom is 0.340 e. The Kier molecular flexibility index (Phi) is 5.60. The summed E-state index contributed by atoms with van der Waals surface area (Å²) in [6, 6.07) is 5.77. The molecule has 25 heavy (non-hydrogen) atoms. The number of piperidine rings is 1. The Hall–Kier alpha value is -2.05. The zero-order valence-electron chi connectivity index (χ0n) is 14.0. The molecule has 2 aromatic rings. The minimum absolute atomic E-state index is 0.387. The number of likely N-dealkylation sites (tertiary alicyclic amines) is 1. The first-order valence-corrected chi connectivity index (χ1v) is 9.11. The minimum atomic E-state index is -1.21. The van der Waals surface area contributed by atoms with Crippen molar-refractivity contribution in [2.45, 2.75) is 38.5 Å². The van der Waals surface area contributed by atoms with Gasteiger partial charge in [0, 0.05) is 19.2 Å². The number of thiazole rings is 1. The number of hydrogen-bond donors (Lipinski definition) is 1. The molecule has 2 unspecified atom stereocenters. The molecule has 0 amide bonds. The van der Waals surface area contributed by atoms with E-state index in [1.807, 2.05) is 30.0 Å². The second-order valence-corrected chi connectivity index (χ2v) is 7.16. The largest absolute Gasteiger partial charge is 0.479 e. The number of aliphatic carboxylic acids is 1. The number of aromatic nitrogens is 1. The van der Waals surface area contributed by atoms with Gasteiger partial charge in [0.05, 0.1) is 10.2 Å². The molecule has 2 heterocycles. The molecular weight excluding hydrogens is 340 g/mol. The van der Waals surface area contributed by atoms with Gasteiger partial charge >= 0.3 is 5.97 Å². The van der Waals surface area contributed by atoms with Crippen molar-refractivity contribution in [1.29, 1.82) is 0 Å². The van der Waals surface area contributed by atoms with Crippen molar-refractivity contribution >= 4 is 33.5 Å². The molecule has 0 radical (unpaired) electrons. The van der Waals surface area contributed by atoms with Gasteiger partial charge in [0.25, 0.3) is 0 Å². The Bertz CT molecular complexity index is 807. The number of carboxylic acids is 1. The molecule has 1 aromatic heterocycles. The van der Waals surface area contributed by atoms with Crippen LogP contribution in [0.1, 0.15) is 35.9 Å². The Morgan fingerprint density at radius 3 is 2.80 bits per heavy atom. The van der Waals surface area contributed by atoms with Gasteiger partial charge in [0.15, 0.2) is 0 Å². The highest BCUT2D eigenvalue weighted by molar-refractivity contribution is 7.18. The van der Waals surface area contributed by atoms with E-state index in [2.05, 4.69) is 4.98 Å². The van der Waals surface area contributed by atoms with Gasteiger partial charge in [-0.15, -0.1) is 11.3 Å².